The summed E-state index contributed by atoms with van der Waals surface area (Å²) in [6.45, 7) is 11.5. The first-order valence-electron chi connectivity index (χ1n) is 19.2. The van der Waals surface area contributed by atoms with Crippen LogP contribution in [0.15, 0.2) is 157 Å². The van der Waals surface area contributed by atoms with Gasteiger partial charge in [-0.25, -0.2) is 0 Å². The zero-order valence-corrected chi connectivity index (χ0v) is 31.2. The van der Waals surface area contributed by atoms with Crippen molar-refractivity contribution in [3.63, 3.8) is 0 Å². The van der Waals surface area contributed by atoms with E-state index in [4.69, 9.17) is 0 Å². The fourth-order valence-electron chi connectivity index (χ4n) is 8.77. The molecule has 7 aromatic rings. The van der Waals surface area contributed by atoms with Crippen molar-refractivity contribution in [2.24, 2.45) is 5.92 Å². The van der Waals surface area contributed by atoms with E-state index in [0.717, 1.165) is 6.42 Å². The number of hydrogen-bond donors (Lipinski definition) is 0. The molecule has 8 rings (SSSR count). The summed E-state index contributed by atoms with van der Waals surface area (Å²) in [6.07, 6.45) is 12.5. The van der Waals surface area contributed by atoms with E-state index in [0.29, 0.717) is 11.8 Å². The van der Waals surface area contributed by atoms with Gasteiger partial charge in [0.05, 0.1) is 0 Å². The van der Waals surface area contributed by atoms with Crippen LogP contribution in [-0.2, 0) is 0 Å². The average Bonchev–Trinajstić information content (AvgIpc) is 3.16. The second-order valence-electron chi connectivity index (χ2n) is 14.9. The van der Waals surface area contributed by atoms with Gasteiger partial charge in [0.2, 0.25) is 0 Å². The molecule has 1 aliphatic carbocycles. The Bertz CT molecular complexity index is 2480. The smallest absolute Gasteiger partial charge is 0.00201 e. The standard InChI is InChI=1S/C52H48/c1-6-15-35(3)41-23-12-18-37(5)50(41)44-26-13-25-43-42(44)24-14-27-45(43)52-48-21-9-7-19-46(48)51(47-20-8-10-22-49(47)52)39-31-29-38(30-32-39)40-33-28-34(2)16-11-17-36(40)4/h7-14,16,18-33,35-36H,6,15,17H2,1-5H3/b16-11+,34-28-,40-33+. The molecule has 1 aliphatic rings. The minimum absolute atomic E-state index is 0.464. The Morgan fingerprint density at radius 3 is 1.71 bits per heavy atom. The maximum absolute atomic E-state index is 2.39. The molecule has 256 valence electrons. The lowest BCUT2D eigenvalue weighted by Gasteiger charge is -2.22. The summed E-state index contributed by atoms with van der Waals surface area (Å²) in [4.78, 5) is 0. The van der Waals surface area contributed by atoms with Crippen molar-refractivity contribution in [1.29, 1.82) is 0 Å². The van der Waals surface area contributed by atoms with Crippen LogP contribution < -0.4 is 0 Å². The molecule has 0 radical (unpaired) electrons. The lowest BCUT2D eigenvalue weighted by Crippen LogP contribution is -1.99. The lowest BCUT2D eigenvalue weighted by molar-refractivity contribution is 0.666. The predicted octanol–water partition coefficient (Wildman–Crippen LogP) is 15.3. The van der Waals surface area contributed by atoms with Gasteiger partial charge in [0, 0.05) is 0 Å². The van der Waals surface area contributed by atoms with E-state index in [9.17, 15) is 0 Å². The van der Waals surface area contributed by atoms with Gasteiger partial charge in [0.15, 0.2) is 0 Å². The van der Waals surface area contributed by atoms with Crippen molar-refractivity contribution >= 4 is 37.9 Å². The van der Waals surface area contributed by atoms with Crippen LogP contribution in [0.1, 0.15) is 69.6 Å². The first-order valence-corrected chi connectivity index (χ1v) is 19.2. The Morgan fingerprint density at radius 1 is 0.558 bits per heavy atom. The fourth-order valence-corrected chi connectivity index (χ4v) is 8.77. The van der Waals surface area contributed by atoms with Gasteiger partial charge in [-0.3, -0.25) is 0 Å². The van der Waals surface area contributed by atoms with Gasteiger partial charge < -0.3 is 0 Å². The number of benzene rings is 7. The SMILES string of the molecule is CCCC(C)c1cccc(C)c1-c1cccc2c(-c3c4ccccc4c(-c4ccc(/C5=C/C=C(C)\C=C\CC5C)cc4)c4ccccc34)cccc12. The summed E-state index contributed by atoms with van der Waals surface area (Å²) in [7, 11) is 0. The van der Waals surface area contributed by atoms with Crippen molar-refractivity contribution in [3.05, 3.63) is 174 Å². The van der Waals surface area contributed by atoms with Gasteiger partial charge in [-0.1, -0.05) is 184 Å². The molecular weight excluding hydrogens is 625 g/mol. The van der Waals surface area contributed by atoms with E-state index in [1.807, 2.05) is 0 Å². The van der Waals surface area contributed by atoms with E-state index >= 15 is 0 Å². The summed E-state index contributed by atoms with van der Waals surface area (Å²) in [6, 6.07) is 48.1. The topological polar surface area (TPSA) is 0 Å². The van der Waals surface area contributed by atoms with E-state index < -0.39 is 0 Å². The van der Waals surface area contributed by atoms with Crippen LogP contribution in [0, 0.1) is 12.8 Å². The Morgan fingerprint density at radius 2 is 1.10 bits per heavy atom. The summed E-state index contributed by atoms with van der Waals surface area (Å²) < 4.78 is 0. The molecule has 0 saturated heterocycles. The average molecular weight is 673 g/mol. The summed E-state index contributed by atoms with van der Waals surface area (Å²) >= 11 is 0. The minimum Gasteiger partial charge on any atom is -0.0837 e. The first-order chi connectivity index (χ1) is 25.4. The molecule has 0 amide bonds. The van der Waals surface area contributed by atoms with Gasteiger partial charge >= 0.3 is 0 Å². The number of rotatable bonds is 7. The molecule has 7 aromatic carbocycles. The third kappa shape index (κ3) is 6.01. The van der Waals surface area contributed by atoms with Crippen LogP contribution in [0.4, 0.5) is 0 Å². The second-order valence-corrected chi connectivity index (χ2v) is 14.9. The van der Waals surface area contributed by atoms with E-state index in [-0.39, 0.29) is 0 Å². The molecule has 0 saturated carbocycles. The fraction of sp³-hybridized carbons (Fsp3) is 0.192. The Hall–Kier alpha value is -5.46. The van der Waals surface area contributed by atoms with Crippen LogP contribution in [0.25, 0.3) is 71.3 Å². The molecule has 0 spiro atoms. The van der Waals surface area contributed by atoms with Crippen LogP contribution in [-0.4, -0.2) is 0 Å². The van der Waals surface area contributed by atoms with E-state index in [1.165, 1.54) is 106 Å². The molecule has 0 nitrogen and oxygen atoms in total. The molecule has 0 bridgehead atoms. The predicted molar refractivity (Wildman–Crippen MR) is 228 cm³/mol. The normalized spacial score (nSPS) is 18.0. The third-order valence-corrected chi connectivity index (χ3v) is 11.4. The van der Waals surface area contributed by atoms with Gasteiger partial charge in [0.1, 0.15) is 0 Å². The van der Waals surface area contributed by atoms with E-state index in [2.05, 4.69) is 186 Å². The zero-order valence-electron chi connectivity index (χ0n) is 31.2. The third-order valence-electron chi connectivity index (χ3n) is 11.4. The molecule has 0 fully saturated rings. The minimum atomic E-state index is 0.464. The van der Waals surface area contributed by atoms with Gasteiger partial charge in [0.25, 0.3) is 0 Å². The molecule has 0 N–H and O–H groups in total. The zero-order chi connectivity index (χ0) is 35.8. The molecular formula is C52H48. The van der Waals surface area contributed by atoms with Crippen LogP contribution >= 0.6 is 0 Å². The van der Waals surface area contributed by atoms with Gasteiger partial charge in [-0.2, -0.15) is 0 Å². The maximum atomic E-state index is 2.39. The number of hydrogen-bond acceptors (Lipinski definition) is 0. The monoisotopic (exact) mass is 672 g/mol. The Balaban J connectivity index is 1.33. The number of allylic oxidation sites excluding steroid dienone is 6. The molecule has 52 heavy (non-hydrogen) atoms. The van der Waals surface area contributed by atoms with Gasteiger partial charge in [-0.05, 0) is 126 Å². The lowest BCUT2D eigenvalue weighted by atomic mass is 9.82. The number of aryl methyl sites for hydroxylation is 1. The van der Waals surface area contributed by atoms with Crippen molar-refractivity contribution in [2.75, 3.05) is 0 Å². The highest BCUT2D eigenvalue weighted by atomic mass is 14.2. The first kappa shape index (κ1) is 33.7. The molecule has 0 aromatic heterocycles. The largest absolute Gasteiger partial charge is 0.0837 e. The van der Waals surface area contributed by atoms with Crippen molar-refractivity contribution in [1.82, 2.24) is 0 Å². The van der Waals surface area contributed by atoms with Crippen LogP contribution in [0.5, 0.6) is 0 Å². The maximum Gasteiger partial charge on any atom is -0.00201 e. The Labute approximate surface area is 309 Å². The van der Waals surface area contributed by atoms with Crippen molar-refractivity contribution < 1.29 is 0 Å². The van der Waals surface area contributed by atoms with Crippen LogP contribution in [0.2, 0.25) is 0 Å². The van der Waals surface area contributed by atoms with Crippen LogP contribution in [0.3, 0.4) is 0 Å². The summed E-state index contributed by atoms with van der Waals surface area (Å²) in [5.74, 6) is 0.966. The number of fused-ring (bicyclic) bond motifs is 3. The molecule has 0 heteroatoms. The van der Waals surface area contributed by atoms with Gasteiger partial charge in [-0.15, -0.1) is 0 Å². The highest BCUT2D eigenvalue weighted by Gasteiger charge is 2.21. The highest BCUT2D eigenvalue weighted by Crippen LogP contribution is 2.47. The second kappa shape index (κ2) is 14.3. The van der Waals surface area contributed by atoms with Crippen molar-refractivity contribution in [2.45, 2.75) is 59.8 Å². The molecule has 0 heterocycles. The Kier molecular flexibility index (Phi) is 9.25. The van der Waals surface area contributed by atoms with E-state index in [1.54, 1.807) is 0 Å². The quantitative estimate of drug-likeness (QED) is 0.148. The summed E-state index contributed by atoms with van der Waals surface area (Å²) in [5, 5.41) is 7.75. The molecule has 0 aliphatic heterocycles. The molecule has 2 unspecified atom stereocenters. The molecule has 2 atom stereocenters. The van der Waals surface area contributed by atoms with Crippen molar-refractivity contribution in [3.8, 4) is 33.4 Å². The highest BCUT2D eigenvalue weighted by molar-refractivity contribution is 6.24. The summed E-state index contributed by atoms with van der Waals surface area (Å²) in [5.41, 5.74) is 14.7.